The summed E-state index contributed by atoms with van der Waals surface area (Å²) < 4.78 is 66.0. The van der Waals surface area contributed by atoms with Gasteiger partial charge in [0.05, 0.1) is 24.0 Å². The fourth-order valence-electron chi connectivity index (χ4n) is 2.92. The maximum Gasteiger partial charge on any atom is 0.262 e. The Morgan fingerprint density at radius 1 is 0.594 bits per heavy atom. The van der Waals surface area contributed by atoms with Crippen LogP contribution in [-0.4, -0.2) is 31.1 Å². The van der Waals surface area contributed by atoms with E-state index in [0.717, 1.165) is 11.1 Å². The average molecular weight is 477 g/mol. The van der Waals surface area contributed by atoms with Gasteiger partial charge in [0, 0.05) is 17.4 Å². The number of aryl methyl sites for hydroxylation is 2. The summed E-state index contributed by atoms with van der Waals surface area (Å²) in [5.74, 6) is 0.673. The Bertz CT molecular complexity index is 1340. The summed E-state index contributed by atoms with van der Waals surface area (Å²) in [5.41, 5.74) is 2.68. The fraction of sp³-hybridized carbons (Fsp3) is 0.182. The summed E-state index contributed by atoms with van der Waals surface area (Å²) in [7, 11) is -4.89. The molecule has 0 aliphatic heterocycles. The zero-order valence-corrected chi connectivity index (χ0v) is 19.7. The first-order chi connectivity index (χ1) is 15.1. The van der Waals surface area contributed by atoms with Crippen LogP contribution in [0.4, 0.5) is 11.4 Å². The van der Waals surface area contributed by atoms with Crippen LogP contribution >= 0.6 is 0 Å². The molecule has 3 aromatic carbocycles. The van der Waals surface area contributed by atoms with Gasteiger partial charge in [0.1, 0.15) is 0 Å². The summed E-state index contributed by atoms with van der Waals surface area (Å²) >= 11 is 0. The van der Waals surface area contributed by atoms with Crippen LogP contribution in [-0.2, 0) is 20.0 Å². The Morgan fingerprint density at radius 2 is 1.12 bits per heavy atom. The van der Waals surface area contributed by atoms with Crippen LogP contribution in [0.25, 0.3) is 0 Å². The molecule has 32 heavy (non-hydrogen) atoms. The highest BCUT2D eigenvalue weighted by atomic mass is 32.2. The van der Waals surface area contributed by atoms with E-state index >= 15 is 0 Å². The Morgan fingerprint density at radius 3 is 1.72 bits per heavy atom. The summed E-state index contributed by atoms with van der Waals surface area (Å²) in [6.07, 6.45) is 0. The second-order valence-corrected chi connectivity index (χ2v) is 10.4. The van der Waals surface area contributed by atoms with Crippen LogP contribution in [0.3, 0.4) is 0 Å². The summed E-state index contributed by atoms with van der Waals surface area (Å²) in [6.45, 7) is 3.84. The van der Waals surface area contributed by atoms with Gasteiger partial charge in [-0.15, -0.1) is 0 Å². The molecule has 170 valence electrons. The Labute approximate surface area is 188 Å². The molecule has 0 spiro atoms. The SMILES string of the molecule is COc1ccc(S(=O)(=O)Nc2ccc(S(=O)(=O)Nc3ccc(C)c(C)c3)cc2)cc1OC. The number of ether oxygens (including phenoxy) is 2. The predicted molar refractivity (Wildman–Crippen MR) is 124 cm³/mol. The largest absolute Gasteiger partial charge is 0.493 e. The van der Waals surface area contributed by atoms with Crippen LogP contribution in [0.1, 0.15) is 11.1 Å². The highest BCUT2D eigenvalue weighted by Crippen LogP contribution is 2.30. The predicted octanol–water partition coefficient (Wildman–Crippen LogP) is 3.92. The fourth-order valence-corrected chi connectivity index (χ4v) is 5.04. The van der Waals surface area contributed by atoms with Crippen molar-refractivity contribution in [3.63, 3.8) is 0 Å². The Hall–Kier alpha value is -3.24. The number of hydrogen-bond donors (Lipinski definition) is 2. The molecule has 0 atom stereocenters. The minimum atomic E-state index is -3.93. The van der Waals surface area contributed by atoms with Crippen molar-refractivity contribution >= 4 is 31.4 Å². The molecular weight excluding hydrogens is 452 g/mol. The van der Waals surface area contributed by atoms with Crippen LogP contribution < -0.4 is 18.9 Å². The van der Waals surface area contributed by atoms with E-state index in [4.69, 9.17) is 9.47 Å². The number of nitrogens with one attached hydrogen (secondary N) is 2. The Balaban J connectivity index is 1.79. The van der Waals surface area contributed by atoms with E-state index in [0.29, 0.717) is 11.4 Å². The van der Waals surface area contributed by atoms with Gasteiger partial charge in [0.2, 0.25) is 0 Å². The van der Waals surface area contributed by atoms with E-state index in [-0.39, 0.29) is 21.2 Å². The zero-order chi connectivity index (χ0) is 23.5. The molecule has 10 heteroatoms. The van der Waals surface area contributed by atoms with E-state index in [1.54, 1.807) is 12.1 Å². The maximum atomic E-state index is 12.7. The second kappa shape index (κ2) is 9.09. The van der Waals surface area contributed by atoms with E-state index in [2.05, 4.69) is 9.44 Å². The first-order valence-electron chi connectivity index (χ1n) is 9.51. The van der Waals surface area contributed by atoms with Gasteiger partial charge in [-0.05, 0) is 73.5 Å². The van der Waals surface area contributed by atoms with Gasteiger partial charge in [-0.3, -0.25) is 9.44 Å². The molecule has 0 bridgehead atoms. The molecular formula is C22H24N2O6S2. The molecule has 0 fully saturated rings. The van der Waals surface area contributed by atoms with E-state index in [1.807, 2.05) is 19.9 Å². The molecule has 0 aliphatic carbocycles. The first-order valence-corrected chi connectivity index (χ1v) is 12.5. The van der Waals surface area contributed by atoms with E-state index in [9.17, 15) is 16.8 Å². The van der Waals surface area contributed by atoms with Crippen molar-refractivity contribution in [2.45, 2.75) is 23.6 Å². The van der Waals surface area contributed by atoms with Crippen molar-refractivity contribution < 1.29 is 26.3 Å². The van der Waals surface area contributed by atoms with Crippen molar-refractivity contribution in [1.82, 2.24) is 0 Å². The normalized spacial score (nSPS) is 11.6. The van der Waals surface area contributed by atoms with Crippen molar-refractivity contribution in [3.05, 3.63) is 71.8 Å². The summed E-state index contributed by atoms with van der Waals surface area (Å²) in [5, 5.41) is 0. The summed E-state index contributed by atoms with van der Waals surface area (Å²) in [4.78, 5) is -0.0203. The van der Waals surface area contributed by atoms with Gasteiger partial charge >= 0.3 is 0 Å². The lowest BCUT2D eigenvalue weighted by Gasteiger charge is -2.13. The average Bonchev–Trinajstić information content (AvgIpc) is 2.75. The van der Waals surface area contributed by atoms with Gasteiger partial charge in [0.15, 0.2) is 11.5 Å². The van der Waals surface area contributed by atoms with Crippen molar-refractivity contribution in [1.29, 1.82) is 0 Å². The van der Waals surface area contributed by atoms with Gasteiger partial charge in [-0.1, -0.05) is 6.07 Å². The van der Waals surface area contributed by atoms with Gasteiger partial charge in [0.25, 0.3) is 20.0 Å². The molecule has 0 amide bonds. The third-order valence-corrected chi connectivity index (χ3v) is 7.62. The van der Waals surface area contributed by atoms with E-state index in [1.165, 1.54) is 56.7 Å². The number of methoxy groups -OCH3 is 2. The van der Waals surface area contributed by atoms with Crippen molar-refractivity contribution in [3.8, 4) is 11.5 Å². The Kier molecular flexibility index (Phi) is 6.65. The van der Waals surface area contributed by atoms with Crippen LogP contribution in [0.15, 0.2) is 70.5 Å². The first kappa shape index (κ1) is 23.4. The molecule has 8 nitrogen and oxygen atoms in total. The lowest BCUT2D eigenvalue weighted by Crippen LogP contribution is -2.15. The van der Waals surface area contributed by atoms with E-state index < -0.39 is 20.0 Å². The zero-order valence-electron chi connectivity index (χ0n) is 18.0. The lowest BCUT2D eigenvalue weighted by atomic mass is 10.1. The molecule has 0 aliphatic rings. The van der Waals surface area contributed by atoms with Crippen molar-refractivity contribution in [2.75, 3.05) is 23.7 Å². The molecule has 0 saturated heterocycles. The van der Waals surface area contributed by atoms with Gasteiger partial charge in [-0.25, -0.2) is 16.8 Å². The molecule has 0 aromatic heterocycles. The number of sulfonamides is 2. The molecule has 3 rings (SSSR count). The number of anilines is 2. The van der Waals surface area contributed by atoms with Crippen LogP contribution in [0.5, 0.6) is 11.5 Å². The molecule has 0 unspecified atom stereocenters. The standard InChI is InChI=1S/C22H24N2O6S2/c1-15-5-6-18(13-16(15)2)24-31(25,26)19-9-7-17(8-10-19)23-32(27,28)20-11-12-21(29-3)22(14-20)30-4/h5-14,23-24H,1-4H3. The van der Waals surface area contributed by atoms with Crippen LogP contribution in [0.2, 0.25) is 0 Å². The third kappa shape index (κ3) is 5.14. The quantitative estimate of drug-likeness (QED) is 0.510. The number of hydrogen-bond acceptors (Lipinski definition) is 6. The molecule has 0 saturated carbocycles. The minimum absolute atomic E-state index is 0.00444. The highest BCUT2D eigenvalue weighted by Gasteiger charge is 2.19. The summed E-state index contributed by atoms with van der Waals surface area (Å²) in [6, 6.07) is 14.9. The smallest absolute Gasteiger partial charge is 0.262 e. The molecule has 0 heterocycles. The molecule has 3 aromatic rings. The topological polar surface area (TPSA) is 111 Å². The van der Waals surface area contributed by atoms with Crippen LogP contribution in [0, 0.1) is 13.8 Å². The second-order valence-electron chi connectivity index (χ2n) is 7.05. The monoisotopic (exact) mass is 476 g/mol. The number of rotatable bonds is 8. The minimum Gasteiger partial charge on any atom is -0.493 e. The van der Waals surface area contributed by atoms with Gasteiger partial charge < -0.3 is 9.47 Å². The third-order valence-electron chi connectivity index (χ3n) is 4.84. The van der Waals surface area contributed by atoms with Gasteiger partial charge in [-0.2, -0.15) is 0 Å². The van der Waals surface area contributed by atoms with Crippen molar-refractivity contribution in [2.24, 2.45) is 0 Å². The number of benzene rings is 3. The molecule has 0 radical (unpaired) electrons. The lowest BCUT2D eigenvalue weighted by molar-refractivity contribution is 0.354. The maximum absolute atomic E-state index is 12.7. The highest BCUT2D eigenvalue weighted by molar-refractivity contribution is 7.93. The molecule has 2 N–H and O–H groups in total.